The smallest absolute Gasteiger partial charge is 0.142 e. The molecule has 2 rings (SSSR count). The molecule has 4 heteroatoms. The largest absolute Gasteiger partial charge is 0.497 e. The summed E-state index contributed by atoms with van der Waals surface area (Å²) in [6.07, 6.45) is 0.560. The van der Waals surface area contributed by atoms with Crippen molar-refractivity contribution in [3.05, 3.63) is 63.9 Å². The van der Waals surface area contributed by atoms with Crippen molar-refractivity contribution in [2.24, 2.45) is 5.73 Å². The lowest BCUT2D eigenvalue weighted by Crippen LogP contribution is -2.15. The van der Waals surface area contributed by atoms with Crippen LogP contribution in [0.4, 0.5) is 4.39 Å². The fourth-order valence-corrected chi connectivity index (χ4v) is 2.35. The van der Waals surface area contributed by atoms with Gasteiger partial charge in [0.15, 0.2) is 0 Å². The molecule has 0 aromatic heterocycles. The molecule has 0 aliphatic carbocycles. The van der Waals surface area contributed by atoms with Gasteiger partial charge in [0.05, 0.1) is 11.6 Å². The van der Waals surface area contributed by atoms with Crippen LogP contribution in [0.2, 0.25) is 0 Å². The number of benzene rings is 2. The number of rotatable bonds is 4. The molecule has 2 nitrogen and oxygen atoms in total. The lowest BCUT2D eigenvalue weighted by Gasteiger charge is -2.14. The Morgan fingerprint density at radius 3 is 2.74 bits per heavy atom. The maximum Gasteiger partial charge on any atom is 0.142 e. The molecule has 1 atom stereocenters. The van der Waals surface area contributed by atoms with Gasteiger partial charge in [-0.3, -0.25) is 0 Å². The number of methoxy groups -OCH3 is 1. The van der Waals surface area contributed by atoms with Gasteiger partial charge in [0.1, 0.15) is 11.6 Å². The molecule has 0 heterocycles. The van der Waals surface area contributed by atoms with E-state index in [2.05, 4.69) is 15.9 Å². The highest BCUT2D eigenvalue weighted by molar-refractivity contribution is 9.10. The summed E-state index contributed by atoms with van der Waals surface area (Å²) in [5, 5.41) is 0. The molecular formula is C15H15BrFNO. The molecule has 0 saturated heterocycles. The zero-order chi connectivity index (χ0) is 13.8. The van der Waals surface area contributed by atoms with Gasteiger partial charge < -0.3 is 10.5 Å². The Bertz CT molecular complexity index is 574. The fourth-order valence-electron chi connectivity index (χ4n) is 1.97. The van der Waals surface area contributed by atoms with Crippen molar-refractivity contribution in [3.8, 4) is 5.75 Å². The number of hydrogen-bond donors (Lipinski definition) is 1. The summed E-state index contributed by atoms with van der Waals surface area (Å²) < 4.78 is 19.5. The molecule has 1 unspecified atom stereocenters. The predicted octanol–water partition coefficient (Wildman–Crippen LogP) is 3.84. The zero-order valence-electron chi connectivity index (χ0n) is 10.6. The predicted molar refractivity (Wildman–Crippen MR) is 77.7 cm³/mol. The monoisotopic (exact) mass is 323 g/mol. The molecule has 2 aromatic carbocycles. The highest BCUT2D eigenvalue weighted by Gasteiger charge is 2.14. The standard InChI is InChI=1S/C15H15BrFNO/c1-19-11-5-2-4-10(8-11)9-14(18)12-6-3-7-13(16)15(12)17/h2-8,14H,9,18H2,1H3. The molecule has 0 aliphatic rings. The summed E-state index contributed by atoms with van der Waals surface area (Å²) in [5.41, 5.74) is 7.62. The summed E-state index contributed by atoms with van der Waals surface area (Å²) in [6.45, 7) is 0. The van der Waals surface area contributed by atoms with Crippen LogP contribution >= 0.6 is 15.9 Å². The van der Waals surface area contributed by atoms with Crippen molar-refractivity contribution in [2.45, 2.75) is 12.5 Å². The van der Waals surface area contributed by atoms with E-state index < -0.39 is 0 Å². The first-order valence-electron chi connectivity index (χ1n) is 5.94. The van der Waals surface area contributed by atoms with E-state index in [9.17, 15) is 4.39 Å². The van der Waals surface area contributed by atoms with E-state index in [4.69, 9.17) is 10.5 Å². The van der Waals surface area contributed by atoms with Crippen LogP contribution in [0.25, 0.3) is 0 Å². The van der Waals surface area contributed by atoms with Crippen LogP contribution in [0.5, 0.6) is 5.75 Å². The van der Waals surface area contributed by atoms with Gasteiger partial charge in [-0.05, 0) is 46.1 Å². The minimum atomic E-state index is -0.385. The van der Waals surface area contributed by atoms with E-state index in [1.165, 1.54) is 0 Å². The fraction of sp³-hybridized carbons (Fsp3) is 0.200. The molecule has 0 fully saturated rings. The first-order chi connectivity index (χ1) is 9.11. The van der Waals surface area contributed by atoms with E-state index in [-0.39, 0.29) is 11.9 Å². The number of nitrogens with two attached hydrogens (primary N) is 1. The van der Waals surface area contributed by atoms with Gasteiger partial charge >= 0.3 is 0 Å². The summed E-state index contributed by atoms with van der Waals surface area (Å²) in [6, 6.07) is 12.4. The topological polar surface area (TPSA) is 35.2 Å². The van der Waals surface area contributed by atoms with Crippen molar-refractivity contribution < 1.29 is 9.13 Å². The Morgan fingerprint density at radius 2 is 2.00 bits per heavy atom. The third-order valence-corrected chi connectivity index (χ3v) is 3.58. The normalized spacial score (nSPS) is 12.2. The van der Waals surface area contributed by atoms with Gasteiger partial charge in [0.2, 0.25) is 0 Å². The Balaban J connectivity index is 2.20. The van der Waals surface area contributed by atoms with Crippen LogP contribution in [0, 0.1) is 5.82 Å². The van der Waals surface area contributed by atoms with E-state index in [1.54, 1.807) is 25.3 Å². The molecule has 2 aromatic rings. The van der Waals surface area contributed by atoms with Crippen molar-refractivity contribution in [2.75, 3.05) is 7.11 Å². The minimum Gasteiger partial charge on any atom is -0.497 e. The van der Waals surface area contributed by atoms with E-state index in [1.807, 2.05) is 24.3 Å². The quantitative estimate of drug-likeness (QED) is 0.927. The Labute approximate surface area is 120 Å². The van der Waals surface area contributed by atoms with Crippen molar-refractivity contribution in [1.82, 2.24) is 0 Å². The maximum atomic E-state index is 13.9. The van der Waals surface area contributed by atoms with Crippen LogP contribution in [-0.2, 0) is 6.42 Å². The van der Waals surface area contributed by atoms with Crippen molar-refractivity contribution in [1.29, 1.82) is 0 Å². The molecule has 0 aliphatic heterocycles. The van der Waals surface area contributed by atoms with Crippen LogP contribution in [0.1, 0.15) is 17.2 Å². The molecule has 19 heavy (non-hydrogen) atoms. The van der Waals surface area contributed by atoms with Gasteiger partial charge in [-0.15, -0.1) is 0 Å². The highest BCUT2D eigenvalue weighted by Crippen LogP contribution is 2.25. The number of hydrogen-bond acceptors (Lipinski definition) is 2. The first kappa shape index (κ1) is 14.0. The van der Waals surface area contributed by atoms with Gasteiger partial charge in [0.25, 0.3) is 0 Å². The van der Waals surface area contributed by atoms with E-state index in [0.29, 0.717) is 16.5 Å². The second kappa shape index (κ2) is 6.17. The van der Waals surface area contributed by atoms with Crippen molar-refractivity contribution in [3.63, 3.8) is 0 Å². The highest BCUT2D eigenvalue weighted by atomic mass is 79.9. The third-order valence-electron chi connectivity index (χ3n) is 2.97. The third kappa shape index (κ3) is 3.33. The summed E-state index contributed by atoms with van der Waals surface area (Å²) >= 11 is 3.17. The van der Waals surface area contributed by atoms with Crippen LogP contribution < -0.4 is 10.5 Å². The molecule has 0 saturated carbocycles. The summed E-state index contributed by atoms with van der Waals surface area (Å²) in [5.74, 6) is 0.484. The van der Waals surface area contributed by atoms with Gasteiger partial charge in [0, 0.05) is 11.6 Å². The second-order valence-corrected chi connectivity index (χ2v) is 5.16. The molecule has 100 valence electrons. The lowest BCUT2D eigenvalue weighted by molar-refractivity contribution is 0.414. The SMILES string of the molecule is COc1cccc(CC(N)c2cccc(Br)c2F)c1. The maximum absolute atomic E-state index is 13.9. The first-order valence-corrected chi connectivity index (χ1v) is 6.73. The molecule has 0 bridgehead atoms. The van der Waals surface area contributed by atoms with E-state index >= 15 is 0 Å². The molecule has 2 N–H and O–H groups in total. The number of ether oxygens (including phenoxy) is 1. The average molecular weight is 324 g/mol. The van der Waals surface area contributed by atoms with E-state index in [0.717, 1.165) is 11.3 Å². The van der Waals surface area contributed by atoms with Crippen LogP contribution in [0.15, 0.2) is 46.9 Å². The lowest BCUT2D eigenvalue weighted by atomic mass is 9.99. The molecule has 0 spiro atoms. The molecular weight excluding hydrogens is 309 g/mol. The molecule has 0 radical (unpaired) electrons. The average Bonchev–Trinajstić information content (AvgIpc) is 2.42. The van der Waals surface area contributed by atoms with Gasteiger partial charge in [-0.25, -0.2) is 4.39 Å². The van der Waals surface area contributed by atoms with Gasteiger partial charge in [-0.2, -0.15) is 0 Å². The van der Waals surface area contributed by atoms with Crippen LogP contribution in [0.3, 0.4) is 0 Å². The summed E-state index contributed by atoms with van der Waals surface area (Å²) in [7, 11) is 1.62. The molecule has 0 amide bonds. The summed E-state index contributed by atoms with van der Waals surface area (Å²) in [4.78, 5) is 0. The number of halogens is 2. The van der Waals surface area contributed by atoms with Crippen molar-refractivity contribution >= 4 is 15.9 Å². The Hall–Kier alpha value is -1.39. The van der Waals surface area contributed by atoms with Gasteiger partial charge in [-0.1, -0.05) is 24.3 Å². The zero-order valence-corrected chi connectivity index (χ0v) is 12.2. The minimum absolute atomic E-state index is 0.294. The van der Waals surface area contributed by atoms with Crippen LogP contribution in [-0.4, -0.2) is 7.11 Å². The Morgan fingerprint density at radius 1 is 1.26 bits per heavy atom. The second-order valence-electron chi connectivity index (χ2n) is 4.31. The Kier molecular flexibility index (Phi) is 4.56.